The number of hydrogen-bond acceptors (Lipinski definition) is 2. The smallest absolute Gasteiger partial charge is 0.326 e. The predicted octanol–water partition coefficient (Wildman–Crippen LogP) is 0.364. The molecule has 0 aliphatic heterocycles. The first-order valence-corrected chi connectivity index (χ1v) is 3.72. The highest BCUT2D eigenvalue weighted by Crippen LogP contribution is 2.04. The topological polar surface area (TPSA) is 66.4 Å². The van der Waals surface area contributed by atoms with E-state index in [9.17, 15) is 9.59 Å². The van der Waals surface area contributed by atoms with Crippen molar-refractivity contribution in [2.24, 2.45) is 5.92 Å². The molecule has 4 nitrogen and oxygen atoms in total. The molecular formula is C7H12BNO3. The Morgan fingerprint density at radius 2 is 2.00 bits per heavy atom. The van der Waals surface area contributed by atoms with E-state index in [1.165, 1.54) is 0 Å². The Balaban J connectivity index is 4.04. The second-order valence-electron chi connectivity index (χ2n) is 3.03. The van der Waals surface area contributed by atoms with Gasteiger partial charge in [0.2, 0.25) is 7.85 Å². The minimum atomic E-state index is -1.05. The Bertz CT molecular complexity index is 181. The van der Waals surface area contributed by atoms with Gasteiger partial charge in [-0.25, -0.2) is 4.79 Å². The fourth-order valence-electron chi connectivity index (χ4n) is 0.865. The van der Waals surface area contributed by atoms with Crippen molar-refractivity contribution in [3.05, 3.63) is 0 Å². The zero-order valence-corrected chi connectivity index (χ0v) is 7.20. The van der Waals surface area contributed by atoms with Gasteiger partial charge in [0.15, 0.2) is 5.81 Å². The molecule has 0 saturated heterocycles. The zero-order valence-electron chi connectivity index (χ0n) is 7.20. The second kappa shape index (κ2) is 4.80. The van der Waals surface area contributed by atoms with Crippen LogP contribution < -0.4 is 5.32 Å². The summed E-state index contributed by atoms with van der Waals surface area (Å²) in [5.74, 6) is -1.65. The zero-order chi connectivity index (χ0) is 9.72. The molecule has 0 aliphatic carbocycles. The molecule has 1 atom stereocenters. The molecule has 5 heteroatoms. The number of carboxylic acid groups (broad SMARTS) is 1. The van der Waals surface area contributed by atoms with Gasteiger partial charge in [0.1, 0.15) is 6.04 Å². The van der Waals surface area contributed by atoms with Crippen LogP contribution in [0.3, 0.4) is 0 Å². The monoisotopic (exact) mass is 169 g/mol. The highest BCUT2D eigenvalue weighted by Gasteiger charge is 2.18. The lowest BCUT2D eigenvalue weighted by Gasteiger charge is -2.15. The molecule has 66 valence electrons. The maximum atomic E-state index is 10.5. The molecule has 0 rings (SSSR count). The predicted molar refractivity (Wildman–Crippen MR) is 45.2 cm³/mol. The summed E-state index contributed by atoms with van der Waals surface area (Å²) in [7, 11) is 4.79. The highest BCUT2D eigenvalue weighted by atomic mass is 16.4. The van der Waals surface area contributed by atoms with E-state index in [1.54, 1.807) is 0 Å². The number of carbonyl (C=O) groups is 2. The van der Waals surface area contributed by atoms with Crippen molar-refractivity contribution < 1.29 is 14.7 Å². The molecule has 0 bridgehead atoms. The molecule has 0 aromatic heterocycles. The molecule has 0 heterocycles. The van der Waals surface area contributed by atoms with E-state index >= 15 is 0 Å². The number of nitrogens with one attached hydrogen (secondary N) is 1. The first-order valence-electron chi connectivity index (χ1n) is 3.72. The molecule has 0 saturated carbocycles. The first-order chi connectivity index (χ1) is 5.43. The van der Waals surface area contributed by atoms with Gasteiger partial charge in [-0.15, -0.1) is 0 Å². The molecule has 0 spiro atoms. The standard InChI is InChI=1S/C7H12BNO3/c1-4(2)3-5(6(10)11)9-7(8)12/h4-5H,3H2,1-2H3,(H,9,12)(H,10,11)/t5-/m0/s1. The van der Waals surface area contributed by atoms with Gasteiger partial charge in [0, 0.05) is 0 Å². The average Bonchev–Trinajstić information content (AvgIpc) is 1.83. The van der Waals surface area contributed by atoms with Crippen LogP contribution in [-0.4, -0.2) is 30.8 Å². The minimum absolute atomic E-state index is 0.206. The summed E-state index contributed by atoms with van der Waals surface area (Å²) in [6, 6.07) is -0.873. The first kappa shape index (κ1) is 11.0. The summed E-state index contributed by atoms with van der Waals surface area (Å²) < 4.78 is 0. The van der Waals surface area contributed by atoms with Crippen LogP contribution in [0.4, 0.5) is 4.79 Å². The number of carbonyl (C=O) groups excluding carboxylic acids is 1. The third-order valence-corrected chi connectivity index (χ3v) is 1.32. The van der Waals surface area contributed by atoms with Crippen molar-refractivity contribution in [2.45, 2.75) is 26.3 Å². The van der Waals surface area contributed by atoms with E-state index in [0.29, 0.717) is 6.42 Å². The summed E-state index contributed by atoms with van der Waals surface area (Å²) in [5.41, 5.74) is 0. The summed E-state index contributed by atoms with van der Waals surface area (Å²) >= 11 is 0. The van der Waals surface area contributed by atoms with Gasteiger partial charge in [0.05, 0.1) is 0 Å². The number of carboxylic acids is 1. The molecule has 2 radical (unpaired) electrons. The molecular weight excluding hydrogens is 157 g/mol. The average molecular weight is 169 g/mol. The summed E-state index contributed by atoms with van der Waals surface area (Å²) in [5, 5.41) is 10.8. The SMILES string of the molecule is [B]C(=O)N[C@@H](CC(C)C)C(=O)O. The van der Waals surface area contributed by atoms with Gasteiger partial charge >= 0.3 is 5.97 Å². The van der Waals surface area contributed by atoms with Gasteiger partial charge in [-0.05, 0) is 12.3 Å². The number of hydrogen-bond donors (Lipinski definition) is 2. The normalized spacial score (nSPS) is 12.6. The van der Waals surface area contributed by atoms with Crippen molar-refractivity contribution in [1.82, 2.24) is 5.32 Å². The van der Waals surface area contributed by atoms with Gasteiger partial charge < -0.3 is 10.4 Å². The van der Waals surface area contributed by atoms with Crippen molar-refractivity contribution in [3.63, 3.8) is 0 Å². The molecule has 0 fully saturated rings. The number of aliphatic carboxylic acids is 1. The van der Waals surface area contributed by atoms with E-state index < -0.39 is 17.8 Å². The van der Waals surface area contributed by atoms with Gasteiger partial charge in [0.25, 0.3) is 0 Å². The third-order valence-electron chi connectivity index (χ3n) is 1.32. The molecule has 2 N–H and O–H groups in total. The van der Waals surface area contributed by atoms with Gasteiger partial charge in [-0.3, -0.25) is 4.79 Å². The van der Waals surface area contributed by atoms with E-state index in [1.807, 2.05) is 13.8 Å². The lowest BCUT2D eigenvalue weighted by molar-refractivity contribution is -0.139. The quantitative estimate of drug-likeness (QED) is 0.597. The Kier molecular flexibility index (Phi) is 4.40. The van der Waals surface area contributed by atoms with Crippen molar-refractivity contribution in [3.8, 4) is 0 Å². The van der Waals surface area contributed by atoms with Crippen LogP contribution in [0.25, 0.3) is 0 Å². The molecule has 1 amide bonds. The Morgan fingerprint density at radius 3 is 2.25 bits per heavy atom. The summed E-state index contributed by atoms with van der Waals surface area (Å²) in [6.45, 7) is 3.75. The largest absolute Gasteiger partial charge is 0.480 e. The van der Waals surface area contributed by atoms with Crippen molar-refractivity contribution >= 4 is 19.6 Å². The van der Waals surface area contributed by atoms with Gasteiger partial charge in [-0.2, -0.15) is 0 Å². The fourth-order valence-corrected chi connectivity index (χ4v) is 0.865. The van der Waals surface area contributed by atoms with E-state index in [-0.39, 0.29) is 5.92 Å². The summed E-state index contributed by atoms with van der Waals surface area (Å²) in [6.07, 6.45) is 0.387. The Morgan fingerprint density at radius 1 is 1.50 bits per heavy atom. The molecule has 12 heavy (non-hydrogen) atoms. The lowest BCUT2D eigenvalue weighted by atomic mass is 10.0. The van der Waals surface area contributed by atoms with Crippen molar-refractivity contribution in [1.29, 1.82) is 0 Å². The van der Waals surface area contributed by atoms with Crippen LogP contribution in [-0.2, 0) is 4.79 Å². The van der Waals surface area contributed by atoms with E-state index in [4.69, 9.17) is 13.0 Å². The number of rotatable bonds is 4. The minimum Gasteiger partial charge on any atom is -0.480 e. The van der Waals surface area contributed by atoms with Crippen LogP contribution in [0, 0.1) is 5.92 Å². The van der Waals surface area contributed by atoms with Crippen LogP contribution >= 0.6 is 0 Å². The van der Waals surface area contributed by atoms with Crippen LogP contribution in [0.1, 0.15) is 20.3 Å². The Hall–Kier alpha value is -0.995. The van der Waals surface area contributed by atoms with Crippen LogP contribution in [0.5, 0.6) is 0 Å². The lowest BCUT2D eigenvalue weighted by Crippen LogP contribution is -2.41. The fraction of sp³-hybridized carbons (Fsp3) is 0.714. The summed E-state index contributed by atoms with van der Waals surface area (Å²) in [4.78, 5) is 20.8. The Labute approximate surface area is 72.7 Å². The molecule has 0 aromatic carbocycles. The molecule has 0 aliphatic rings. The van der Waals surface area contributed by atoms with E-state index in [0.717, 1.165) is 0 Å². The second-order valence-corrected chi connectivity index (χ2v) is 3.03. The maximum Gasteiger partial charge on any atom is 0.326 e. The van der Waals surface area contributed by atoms with E-state index in [2.05, 4.69) is 5.32 Å². The van der Waals surface area contributed by atoms with Crippen LogP contribution in [0.2, 0.25) is 0 Å². The van der Waals surface area contributed by atoms with Crippen LogP contribution in [0.15, 0.2) is 0 Å². The van der Waals surface area contributed by atoms with Crippen molar-refractivity contribution in [2.75, 3.05) is 0 Å². The molecule has 0 aromatic rings. The highest BCUT2D eigenvalue weighted by molar-refractivity contribution is 6.57. The third kappa shape index (κ3) is 4.76. The number of amides is 1. The molecule has 0 unspecified atom stereocenters. The van der Waals surface area contributed by atoms with Gasteiger partial charge in [-0.1, -0.05) is 13.8 Å². The maximum absolute atomic E-state index is 10.5.